The first-order valence-electron chi connectivity index (χ1n) is 5.10. The number of nitrogens with zero attached hydrogens (tertiary/aromatic N) is 1. The molecule has 5 nitrogen and oxygen atoms in total. The molecule has 0 radical (unpaired) electrons. The van der Waals surface area contributed by atoms with Gasteiger partial charge in [0.25, 0.3) is 0 Å². The molecule has 0 bridgehead atoms. The van der Waals surface area contributed by atoms with E-state index >= 15 is 0 Å². The summed E-state index contributed by atoms with van der Waals surface area (Å²) in [6.45, 7) is 3.78. The second-order valence-corrected chi connectivity index (χ2v) is 10.1. The number of carbonyl (C=O) groups excluding carboxylic acids is 1. The number of fused-ring (bicyclic) bond motifs is 1. The molecule has 3 atom stereocenters. The van der Waals surface area contributed by atoms with Crippen LogP contribution in [-0.2, 0) is 9.59 Å². The van der Waals surface area contributed by atoms with Crippen LogP contribution in [0.15, 0.2) is 0 Å². The van der Waals surface area contributed by atoms with Crippen LogP contribution >= 0.6 is 11.8 Å². The summed E-state index contributed by atoms with van der Waals surface area (Å²) in [7, 11) is 0.973. The van der Waals surface area contributed by atoms with E-state index in [1.54, 1.807) is 0 Å². The summed E-state index contributed by atoms with van der Waals surface area (Å²) in [5.74, 6) is -1.08. The maximum atomic E-state index is 12.0. The smallest absolute Gasteiger partial charge is 0.326 e. The summed E-state index contributed by atoms with van der Waals surface area (Å²) >= 11 is 1.53. The highest BCUT2D eigenvalue weighted by Crippen LogP contribution is 2.57. The number of amides is 1. The van der Waals surface area contributed by atoms with Gasteiger partial charge in [0.2, 0.25) is 5.91 Å². The Bertz CT molecular complexity index is 401. The van der Waals surface area contributed by atoms with Crippen molar-refractivity contribution < 1.29 is 14.7 Å². The van der Waals surface area contributed by atoms with Crippen molar-refractivity contribution in [3.05, 3.63) is 0 Å². The molecule has 0 saturated carbocycles. The van der Waals surface area contributed by atoms with Gasteiger partial charge in [-0.1, -0.05) is 0 Å². The third kappa shape index (κ3) is 1.05. The van der Waals surface area contributed by atoms with Gasteiger partial charge in [0, 0.05) is 15.0 Å². The van der Waals surface area contributed by atoms with Crippen LogP contribution in [-0.4, -0.2) is 62.8 Å². The van der Waals surface area contributed by atoms with Gasteiger partial charge in [0.1, 0.15) is 15.7 Å². The fourth-order valence-corrected chi connectivity index (χ4v) is 5.92. The first-order valence-corrected chi connectivity index (χ1v) is 7.98. The number of aliphatic carboxylic acids is 1. The molecule has 0 aromatic heterocycles. The molecule has 0 aliphatic carbocycles. The van der Waals surface area contributed by atoms with Crippen molar-refractivity contribution in [2.45, 2.75) is 34.3 Å². The molecule has 1 unspecified atom stereocenters. The molecule has 2 fully saturated rings. The summed E-state index contributed by atoms with van der Waals surface area (Å²) < 4.78 is -0.461. The molecule has 0 spiro atoms. The molecule has 2 rings (SSSR count). The minimum atomic E-state index is -1.02. The lowest BCUT2D eigenvalue weighted by Crippen LogP contribution is -2.81. The molecule has 2 heterocycles. The van der Waals surface area contributed by atoms with E-state index in [-0.39, 0.29) is 11.3 Å². The zero-order valence-corrected chi connectivity index (χ0v) is 14.6. The number of carboxylic acid groups (broad SMARTS) is 1. The minimum absolute atomic E-state index is 0.143. The average Bonchev–Trinajstić information content (AvgIpc) is 2.35. The van der Waals surface area contributed by atoms with Gasteiger partial charge in [-0.2, -0.15) is 0 Å². The summed E-state index contributed by atoms with van der Waals surface area (Å²) in [5.41, 5.74) is 5.96. The topological polar surface area (TPSA) is 83.6 Å². The van der Waals surface area contributed by atoms with E-state index < -0.39 is 21.0 Å². The van der Waals surface area contributed by atoms with Gasteiger partial charge in [-0.05, 0) is 13.8 Å². The van der Waals surface area contributed by atoms with E-state index in [2.05, 4.69) is 0 Å². The van der Waals surface area contributed by atoms with Crippen LogP contribution in [0.2, 0.25) is 0 Å². The van der Waals surface area contributed by atoms with Gasteiger partial charge in [0.15, 0.2) is 0 Å². The van der Waals surface area contributed by atoms with Crippen molar-refractivity contribution in [1.29, 1.82) is 0 Å². The molecule has 16 heavy (non-hydrogen) atoms. The predicted octanol–water partition coefficient (Wildman–Crippen LogP) is -3.15. The first-order chi connectivity index (χ1) is 7.07. The number of carboxylic acids is 1. The minimum Gasteiger partial charge on any atom is -0.480 e. The highest BCUT2D eigenvalue weighted by atomic mass is 32.2. The Hall–Kier alpha value is -0.316. The average molecular weight is 276 g/mol. The predicted molar refractivity (Wildman–Crippen MR) is 69.5 cm³/mol. The molecule has 2 aliphatic heterocycles. The molecule has 90 valence electrons. The van der Waals surface area contributed by atoms with Crippen LogP contribution in [0.5, 0.6) is 0 Å². The van der Waals surface area contributed by atoms with Crippen LogP contribution in [0, 0.1) is 0 Å². The Morgan fingerprint density at radius 2 is 2.06 bits per heavy atom. The van der Waals surface area contributed by atoms with Crippen LogP contribution in [0.4, 0.5) is 0 Å². The summed E-state index contributed by atoms with van der Waals surface area (Å²) in [6, 6.07) is 0. The second-order valence-electron chi connectivity index (χ2n) is 5.32. The highest BCUT2D eigenvalue weighted by Gasteiger charge is 2.73. The highest BCUT2D eigenvalue weighted by molar-refractivity contribution is 8.02. The van der Waals surface area contributed by atoms with Crippen LogP contribution in [0.3, 0.4) is 0 Å². The van der Waals surface area contributed by atoms with Crippen molar-refractivity contribution in [2.75, 3.05) is 0 Å². The second kappa shape index (κ2) is 2.92. The van der Waals surface area contributed by atoms with Gasteiger partial charge in [-0.25, -0.2) is 0 Å². The first kappa shape index (κ1) is 12.1. The van der Waals surface area contributed by atoms with Crippen molar-refractivity contribution in [3.63, 3.8) is 0 Å². The van der Waals surface area contributed by atoms with Gasteiger partial charge < -0.3 is 15.7 Å². The largest absolute Gasteiger partial charge is 0.480 e. The SMILES string of the molecule is CC1(C)S[C@H]2N(C(=O)C2(N)[SiH3])[C@@]1([SiH3])C(=O)O. The zero-order valence-electron chi connectivity index (χ0n) is 9.77. The lowest BCUT2D eigenvalue weighted by Gasteiger charge is -2.52. The molecule has 1 amide bonds. The molecule has 3 N–H and O–H groups in total. The zero-order chi connectivity index (χ0) is 12.5. The van der Waals surface area contributed by atoms with Gasteiger partial charge in [-0.3, -0.25) is 9.59 Å². The van der Waals surface area contributed by atoms with Crippen LogP contribution in [0.25, 0.3) is 0 Å². The number of nitrogens with two attached hydrogens (primary N) is 1. The summed E-state index contributed by atoms with van der Waals surface area (Å²) in [6.07, 6.45) is 0. The lowest BCUT2D eigenvalue weighted by atomic mass is 9.95. The van der Waals surface area contributed by atoms with Crippen molar-refractivity contribution >= 4 is 44.1 Å². The third-order valence-corrected chi connectivity index (χ3v) is 9.73. The lowest BCUT2D eigenvalue weighted by molar-refractivity contribution is -0.164. The maximum Gasteiger partial charge on any atom is 0.326 e. The summed E-state index contributed by atoms with van der Waals surface area (Å²) in [4.78, 5) is 25.0. The van der Waals surface area contributed by atoms with Gasteiger partial charge in [-0.15, -0.1) is 11.8 Å². The van der Waals surface area contributed by atoms with E-state index in [0.717, 1.165) is 0 Å². The third-order valence-electron chi connectivity index (χ3n) is 3.90. The fraction of sp³-hybridized carbons (Fsp3) is 0.750. The van der Waals surface area contributed by atoms with Crippen LogP contribution < -0.4 is 5.73 Å². The van der Waals surface area contributed by atoms with E-state index in [1.807, 2.05) is 13.8 Å². The molecular weight excluding hydrogens is 260 g/mol. The molecule has 2 aliphatic rings. The van der Waals surface area contributed by atoms with E-state index in [1.165, 1.54) is 16.7 Å². The van der Waals surface area contributed by atoms with Gasteiger partial charge >= 0.3 is 5.97 Å². The Morgan fingerprint density at radius 1 is 1.56 bits per heavy atom. The monoisotopic (exact) mass is 276 g/mol. The summed E-state index contributed by atoms with van der Waals surface area (Å²) in [5, 5.41) is 7.48. The normalized spacial score (nSPS) is 45.6. The number of β-lactam (4-membered cyclic amide) rings is 1. The number of rotatable bonds is 1. The number of hydrogen-bond acceptors (Lipinski definition) is 4. The Balaban J connectivity index is 2.49. The van der Waals surface area contributed by atoms with Crippen molar-refractivity contribution in [3.8, 4) is 0 Å². The molecule has 8 heteroatoms. The van der Waals surface area contributed by atoms with E-state index in [4.69, 9.17) is 5.73 Å². The standard InChI is InChI=1S/C8H16N2O3SSi2/c1-6(2)8(16,5(12)13)10-3(11)7(9,15)4(10)14-6/h4H,9H2,1-2,15-16H3,(H,12,13)/t4-,7?,8-/m1/s1. The van der Waals surface area contributed by atoms with Crippen molar-refractivity contribution in [1.82, 2.24) is 4.90 Å². The maximum absolute atomic E-state index is 12.0. The Labute approximate surface area is 104 Å². The molecule has 2 saturated heterocycles. The molecule has 0 aromatic rings. The van der Waals surface area contributed by atoms with Gasteiger partial charge in [0.05, 0.1) is 10.2 Å². The fourth-order valence-electron chi connectivity index (χ4n) is 2.33. The Kier molecular flexibility index (Phi) is 2.22. The van der Waals surface area contributed by atoms with Crippen LogP contribution in [0.1, 0.15) is 13.8 Å². The Morgan fingerprint density at radius 3 is 2.50 bits per heavy atom. The quantitative estimate of drug-likeness (QED) is 0.390. The number of hydrogen-bond donors (Lipinski definition) is 2. The number of carbonyl (C=O) groups is 2. The van der Waals surface area contributed by atoms with E-state index in [0.29, 0.717) is 20.5 Å². The van der Waals surface area contributed by atoms with Crippen molar-refractivity contribution in [2.24, 2.45) is 5.73 Å². The number of thioether (sulfide) groups is 1. The van der Waals surface area contributed by atoms with E-state index in [9.17, 15) is 14.7 Å². The molecular formula is C8H16N2O3SSi2. The molecule has 0 aromatic carbocycles.